The molecule has 5 heteroatoms. The fourth-order valence-electron chi connectivity index (χ4n) is 2.46. The van der Waals surface area contributed by atoms with Gasteiger partial charge in [0.05, 0.1) is 13.7 Å². The van der Waals surface area contributed by atoms with Crippen molar-refractivity contribution in [2.45, 2.75) is 6.92 Å². The van der Waals surface area contributed by atoms with Crippen LogP contribution in [0.4, 0.5) is 4.79 Å². The van der Waals surface area contributed by atoms with E-state index in [0.717, 1.165) is 44.0 Å². The van der Waals surface area contributed by atoms with E-state index in [-0.39, 0.29) is 6.09 Å². The lowest BCUT2D eigenvalue weighted by molar-refractivity contribution is 0.0825. The minimum absolute atomic E-state index is 0.202. The van der Waals surface area contributed by atoms with E-state index in [1.54, 1.807) is 12.0 Å². The highest BCUT2D eigenvalue weighted by molar-refractivity contribution is 5.67. The number of methoxy groups -OCH3 is 1. The van der Waals surface area contributed by atoms with Crippen LogP contribution < -0.4 is 4.74 Å². The van der Waals surface area contributed by atoms with Crippen LogP contribution >= 0.6 is 0 Å². The SMILES string of the molecule is CCOC(=O)N1CCN(C/C=C/c2ccccc2OC)CC1. The number of para-hydroxylation sites is 1. The lowest BCUT2D eigenvalue weighted by Crippen LogP contribution is -2.48. The number of hydrogen-bond donors (Lipinski definition) is 0. The molecule has 0 aromatic heterocycles. The summed E-state index contributed by atoms with van der Waals surface area (Å²) in [5.74, 6) is 0.880. The van der Waals surface area contributed by atoms with Crippen LogP contribution in [0.25, 0.3) is 6.08 Å². The van der Waals surface area contributed by atoms with Crippen molar-refractivity contribution in [3.63, 3.8) is 0 Å². The molecule has 1 amide bonds. The maximum atomic E-state index is 11.6. The van der Waals surface area contributed by atoms with Gasteiger partial charge in [0.15, 0.2) is 0 Å². The first kappa shape index (κ1) is 16.4. The fourth-order valence-corrected chi connectivity index (χ4v) is 2.46. The number of carbonyl (C=O) groups excluding carboxylic acids is 1. The summed E-state index contributed by atoms with van der Waals surface area (Å²) in [7, 11) is 1.68. The molecular weight excluding hydrogens is 280 g/mol. The third-order valence-corrected chi connectivity index (χ3v) is 3.70. The monoisotopic (exact) mass is 304 g/mol. The van der Waals surface area contributed by atoms with Gasteiger partial charge in [-0.15, -0.1) is 0 Å². The van der Waals surface area contributed by atoms with Gasteiger partial charge in [0.25, 0.3) is 0 Å². The van der Waals surface area contributed by atoms with Gasteiger partial charge in [0.2, 0.25) is 0 Å². The molecule has 1 aromatic rings. The minimum atomic E-state index is -0.202. The Hall–Kier alpha value is -2.01. The molecule has 22 heavy (non-hydrogen) atoms. The summed E-state index contributed by atoms with van der Waals surface area (Å²) in [5, 5.41) is 0. The van der Waals surface area contributed by atoms with Gasteiger partial charge in [-0.05, 0) is 13.0 Å². The van der Waals surface area contributed by atoms with Crippen LogP contribution in [0.2, 0.25) is 0 Å². The molecule has 0 unspecified atom stereocenters. The van der Waals surface area contributed by atoms with Crippen LogP contribution in [0.1, 0.15) is 12.5 Å². The highest BCUT2D eigenvalue weighted by Crippen LogP contribution is 2.18. The number of rotatable bonds is 5. The predicted molar refractivity (Wildman–Crippen MR) is 87.1 cm³/mol. The van der Waals surface area contributed by atoms with Crippen molar-refractivity contribution in [2.75, 3.05) is 46.4 Å². The molecule has 120 valence electrons. The van der Waals surface area contributed by atoms with E-state index in [9.17, 15) is 4.79 Å². The van der Waals surface area contributed by atoms with Crippen LogP contribution in [0.15, 0.2) is 30.3 Å². The summed E-state index contributed by atoms with van der Waals surface area (Å²) in [4.78, 5) is 15.7. The topological polar surface area (TPSA) is 42.0 Å². The first-order valence-electron chi connectivity index (χ1n) is 7.68. The first-order valence-corrected chi connectivity index (χ1v) is 7.68. The lowest BCUT2D eigenvalue weighted by atomic mass is 10.2. The summed E-state index contributed by atoms with van der Waals surface area (Å²) in [6, 6.07) is 7.96. The van der Waals surface area contributed by atoms with Gasteiger partial charge < -0.3 is 14.4 Å². The van der Waals surface area contributed by atoms with Crippen molar-refractivity contribution >= 4 is 12.2 Å². The van der Waals surface area contributed by atoms with E-state index in [4.69, 9.17) is 9.47 Å². The molecule has 0 aliphatic carbocycles. The second-order valence-electron chi connectivity index (χ2n) is 5.13. The molecule has 5 nitrogen and oxygen atoms in total. The van der Waals surface area contributed by atoms with Gasteiger partial charge in [0.1, 0.15) is 5.75 Å². The van der Waals surface area contributed by atoms with Crippen molar-refractivity contribution in [3.05, 3.63) is 35.9 Å². The van der Waals surface area contributed by atoms with Crippen molar-refractivity contribution in [3.8, 4) is 5.75 Å². The molecule has 0 N–H and O–H groups in total. The van der Waals surface area contributed by atoms with Crippen molar-refractivity contribution in [2.24, 2.45) is 0 Å². The molecular formula is C17H24N2O3. The Bertz CT molecular complexity index is 508. The molecule has 0 saturated carbocycles. The second kappa shape index (κ2) is 8.44. The third kappa shape index (κ3) is 4.49. The van der Waals surface area contributed by atoms with E-state index >= 15 is 0 Å². The standard InChI is InChI=1S/C17H24N2O3/c1-3-22-17(20)19-13-11-18(12-14-19)10-6-8-15-7-4-5-9-16(15)21-2/h4-9H,3,10-14H2,1-2H3/b8-6+. The molecule has 2 rings (SSSR count). The Balaban J connectivity index is 1.79. The molecule has 1 fully saturated rings. The molecule has 0 atom stereocenters. The van der Waals surface area contributed by atoms with E-state index in [2.05, 4.69) is 17.1 Å². The summed E-state index contributed by atoms with van der Waals surface area (Å²) < 4.78 is 10.4. The van der Waals surface area contributed by atoms with E-state index in [0.29, 0.717) is 6.61 Å². The quantitative estimate of drug-likeness (QED) is 0.838. The van der Waals surface area contributed by atoms with Gasteiger partial charge in [-0.3, -0.25) is 4.90 Å². The highest BCUT2D eigenvalue weighted by Gasteiger charge is 2.20. The summed E-state index contributed by atoms with van der Waals surface area (Å²) >= 11 is 0. The molecule has 0 radical (unpaired) electrons. The largest absolute Gasteiger partial charge is 0.496 e. The molecule has 1 aromatic carbocycles. The average Bonchev–Trinajstić information content (AvgIpc) is 2.56. The summed E-state index contributed by atoms with van der Waals surface area (Å²) in [6.07, 6.45) is 4.01. The number of carbonyl (C=O) groups is 1. The van der Waals surface area contributed by atoms with E-state index < -0.39 is 0 Å². The van der Waals surface area contributed by atoms with Crippen LogP contribution in [0.5, 0.6) is 5.75 Å². The maximum absolute atomic E-state index is 11.6. The number of ether oxygens (including phenoxy) is 2. The van der Waals surface area contributed by atoms with Crippen molar-refractivity contribution < 1.29 is 14.3 Å². The Labute approximate surface area is 132 Å². The molecule has 1 aliphatic rings. The third-order valence-electron chi connectivity index (χ3n) is 3.70. The van der Waals surface area contributed by atoms with Crippen LogP contribution in [0.3, 0.4) is 0 Å². The highest BCUT2D eigenvalue weighted by atomic mass is 16.6. The van der Waals surface area contributed by atoms with Crippen molar-refractivity contribution in [1.29, 1.82) is 0 Å². The minimum Gasteiger partial charge on any atom is -0.496 e. The van der Waals surface area contributed by atoms with Crippen LogP contribution in [-0.2, 0) is 4.74 Å². The molecule has 0 bridgehead atoms. The molecule has 1 aliphatic heterocycles. The Morgan fingerprint density at radius 2 is 1.95 bits per heavy atom. The van der Waals surface area contributed by atoms with Gasteiger partial charge in [0, 0.05) is 38.3 Å². The maximum Gasteiger partial charge on any atom is 0.409 e. The lowest BCUT2D eigenvalue weighted by Gasteiger charge is -2.33. The number of nitrogens with zero attached hydrogens (tertiary/aromatic N) is 2. The molecule has 1 heterocycles. The van der Waals surface area contributed by atoms with Crippen LogP contribution in [-0.4, -0.2) is 62.3 Å². The van der Waals surface area contributed by atoms with E-state index in [1.165, 1.54) is 0 Å². The van der Waals surface area contributed by atoms with Gasteiger partial charge in [-0.25, -0.2) is 4.79 Å². The van der Waals surface area contributed by atoms with Gasteiger partial charge >= 0.3 is 6.09 Å². The first-order chi connectivity index (χ1) is 10.7. The van der Waals surface area contributed by atoms with Crippen molar-refractivity contribution in [1.82, 2.24) is 9.80 Å². The Morgan fingerprint density at radius 1 is 1.23 bits per heavy atom. The number of amides is 1. The second-order valence-corrected chi connectivity index (χ2v) is 5.13. The van der Waals surface area contributed by atoms with E-state index in [1.807, 2.05) is 31.2 Å². The molecule has 1 saturated heterocycles. The Kier molecular flexibility index (Phi) is 6.27. The summed E-state index contributed by atoms with van der Waals surface area (Å²) in [5.41, 5.74) is 1.08. The molecule has 0 spiro atoms. The zero-order chi connectivity index (χ0) is 15.8. The number of piperazine rings is 1. The smallest absolute Gasteiger partial charge is 0.409 e. The number of hydrogen-bond acceptors (Lipinski definition) is 4. The van der Waals surface area contributed by atoms with Gasteiger partial charge in [-0.2, -0.15) is 0 Å². The van der Waals surface area contributed by atoms with Crippen LogP contribution in [0, 0.1) is 0 Å². The Morgan fingerprint density at radius 3 is 2.64 bits per heavy atom. The fraction of sp³-hybridized carbons (Fsp3) is 0.471. The number of benzene rings is 1. The van der Waals surface area contributed by atoms with Gasteiger partial charge in [-0.1, -0.05) is 30.4 Å². The zero-order valence-corrected chi connectivity index (χ0v) is 13.3. The normalized spacial score (nSPS) is 16.0. The average molecular weight is 304 g/mol. The predicted octanol–water partition coefficient (Wildman–Crippen LogP) is 2.48. The summed E-state index contributed by atoms with van der Waals surface area (Å²) in [6.45, 7) is 6.32. The zero-order valence-electron chi connectivity index (χ0n) is 13.3.